The summed E-state index contributed by atoms with van der Waals surface area (Å²) in [4.78, 5) is 13.4. The summed E-state index contributed by atoms with van der Waals surface area (Å²) in [6, 6.07) is 3.75. The molecule has 0 amide bonds. The van der Waals surface area contributed by atoms with Crippen LogP contribution in [0, 0.1) is 0 Å². The van der Waals surface area contributed by atoms with E-state index < -0.39 is 5.97 Å². The van der Waals surface area contributed by atoms with Crippen molar-refractivity contribution in [3.63, 3.8) is 0 Å². The van der Waals surface area contributed by atoms with E-state index in [1.54, 1.807) is 17.7 Å². The number of carboxylic acid groups (broad SMARTS) is 1. The molecule has 2 rings (SSSR count). The summed E-state index contributed by atoms with van der Waals surface area (Å²) in [5, 5.41) is 9.10. The monoisotopic (exact) mass is 268 g/mol. The van der Waals surface area contributed by atoms with E-state index in [1.807, 2.05) is 16.8 Å². The first-order valence-corrected chi connectivity index (χ1v) is 6.53. The van der Waals surface area contributed by atoms with Crippen LogP contribution in [0.5, 0.6) is 0 Å². The number of carboxylic acids is 1. The van der Waals surface area contributed by atoms with Gasteiger partial charge in [0.2, 0.25) is 0 Å². The van der Waals surface area contributed by atoms with Crippen LogP contribution in [0.15, 0.2) is 29.9 Å². The van der Waals surface area contributed by atoms with Gasteiger partial charge in [-0.15, -0.1) is 0 Å². The molecule has 2 heterocycles. The third kappa shape index (κ3) is 2.94. The number of piperidine rings is 1. The van der Waals surface area contributed by atoms with Crippen LogP contribution >= 0.6 is 11.6 Å². The fourth-order valence-corrected chi connectivity index (χ4v) is 2.54. The predicted octanol–water partition coefficient (Wildman–Crippen LogP) is 2.58. The summed E-state index contributed by atoms with van der Waals surface area (Å²) in [6.45, 7) is 2.82. The molecule has 1 fully saturated rings. The lowest BCUT2D eigenvalue weighted by Crippen LogP contribution is -2.35. The Morgan fingerprint density at radius 2 is 2.22 bits per heavy atom. The van der Waals surface area contributed by atoms with Gasteiger partial charge in [-0.05, 0) is 25.0 Å². The van der Waals surface area contributed by atoms with Gasteiger partial charge >= 0.3 is 5.97 Å². The maximum Gasteiger partial charge on any atom is 0.352 e. The molecule has 98 valence electrons. The van der Waals surface area contributed by atoms with Crippen molar-refractivity contribution in [2.45, 2.75) is 18.9 Å². The van der Waals surface area contributed by atoms with Gasteiger partial charge in [0, 0.05) is 37.4 Å². The average molecular weight is 269 g/mol. The molecule has 0 bridgehead atoms. The molecule has 18 heavy (non-hydrogen) atoms. The van der Waals surface area contributed by atoms with Gasteiger partial charge in [0.25, 0.3) is 0 Å². The minimum atomic E-state index is -0.854. The van der Waals surface area contributed by atoms with E-state index in [1.165, 1.54) is 0 Å². The first kappa shape index (κ1) is 13.2. The quantitative estimate of drug-likeness (QED) is 0.913. The number of carbonyl (C=O) groups is 1. The lowest BCUT2D eigenvalue weighted by Gasteiger charge is -2.32. The first-order valence-electron chi connectivity index (χ1n) is 6.10. The molecule has 0 saturated carbocycles. The SMILES string of the molecule is O=C(O)c1cccn1C1CCN(C/C=C/Cl)CC1. The molecule has 1 N–H and O–H groups in total. The molecule has 1 aromatic heterocycles. The molecule has 0 aromatic carbocycles. The van der Waals surface area contributed by atoms with Crippen LogP contribution in [0.4, 0.5) is 0 Å². The van der Waals surface area contributed by atoms with Crippen LogP contribution in [-0.4, -0.2) is 40.2 Å². The highest BCUT2D eigenvalue weighted by atomic mass is 35.5. The van der Waals surface area contributed by atoms with E-state index in [2.05, 4.69) is 4.90 Å². The Balaban J connectivity index is 1.97. The highest BCUT2D eigenvalue weighted by Gasteiger charge is 2.22. The summed E-state index contributed by atoms with van der Waals surface area (Å²) < 4.78 is 1.89. The minimum Gasteiger partial charge on any atom is -0.477 e. The van der Waals surface area contributed by atoms with E-state index >= 15 is 0 Å². The van der Waals surface area contributed by atoms with Gasteiger partial charge in [0.05, 0.1) is 0 Å². The van der Waals surface area contributed by atoms with Crippen molar-refractivity contribution in [2.75, 3.05) is 19.6 Å². The van der Waals surface area contributed by atoms with Crippen LogP contribution < -0.4 is 0 Å². The van der Waals surface area contributed by atoms with Crippen molar-refractivity contribution in [3.05, 3.63) is 35.6 Å². The molecule has 1 aliphatic rings. The normalized spacial score (nSPS) is 18.5. The maximum atomic E-state index is 11.1. The molecule has 1 aliphatic heterocycles. The van der Waals surface area contributed by atoms with E-state index in [-0.39, 0.29) is 0 Å². The van der Waals surface area contributed by atoms with Gasteiger partial charge in [0.15, 0.2) is 0 Å². The van der Waals surface area contributed by atoms with Crippen molar-refractivity contribution >= 4 is 17.6 Å². The van der Waals surface area contributed by atoms with Crippen molar-refractivity contribution in [1.29, 1.82) is 0 Å². The van der Waals surface area contributed by atoms with Crippen LogP contribution in [-0.2, 0) is 0 Å². The number of aromatic carboxylic acids is 1. The maximum absolute atomic E-state index is 11.1. The number of halogens is 1. The summed E-state index contributed by atoms with van der Waals surface area (Å²) in [5.74, 6) is -0.854. The van der Waals surface area contributed by atoms with Crippen molar-refractivity contribution in [2.24, 2.45) is 0 Å². The number of rotatable bonds is 4. The van der Waals surface area contributed by atoms with E-state index in [0.717, 1.165) is 32.5 Å². The first-order chi connectivity index (χ1) is 8.72. The Labute approximate surface area is 111 Å². The van der Waals surface area contributed by atoms with Gasteiger partial charge in [-0.1, -0.05) is 17.7 Å². The Morgan fingerprint density at radius 1 is 1.50 bits per heavy atom. The third-order valence-corrected chi connectivity index (χ3v) is 3.58. The standard InChI is InChI=1S/C13H17ClN2O2/c14-6-2-7-15-9-4-11(5-10-15)16-8-1-3-12(16)13(17)18/h1-3,6,8,11H,4-5,7,9-10H2,(H,17,18)/b6-2+. The molecule has 0 unspecified atom stereocenters. The smallest absolute Gasteiger partial charge is 0.352 e. The highest BCUT2D eigenvalue weighted by Crippen LogP contribution is 2.24. The lowest BCUT2D eigenvalue weighted by molar-refractivity contribution is 0.0678. The second-order valence-corrected chi connectivity index (χ2v) is 4.75. The Bertz CT molecular complexity index is 434. The van der Waals surface area contributed by atoms with E-state index in [0.29, 0.717) is 11.7 Å². The summed E-state index contributed by atoms with van der Waals surface area (Å²) in [5.41, 5.74) is 1.93. The fourth-order valence-electron chi connectivity index (χ4n) is 2.46. The molecule has 0 aliphatic carbocycles. The Morgan fingerprint density at radius 3 is 2.83 bits per heavy atom. The predicted molar refractivity (Wildman–Crippen MR) is 71.1 cm³/mol. The molecule has 1 aromatic rings. The number of likely N-dealkylation sites (tertiary alicyclic amines) is 1. The molecule has 4 nitrogen and oxygen atoms in total. The van der Waals surface area contributed by atoms with Gasteiger partial charge in [-0.25, -0.2) is 4.79 Å². The highest BCUT2D eigenvalue weighted by molar-refractivity contribution is 6.25. The molecule has 0 radical (unpaired) electrons. The summed E-state index contributed by atoms with van der Waals surface area (Å²) in [7, 11) is 0. The number of nitrogens with zero attached hydrogens (tertiary/aromatic N) is 2. The Kier molecular flexibility index (Phi) is 4.44. The number of hydrogen-bond donors (Lipinski definition) is 1. The largest absolute Gasteiger partial charge is 0.477 e. The van der Waals surface area contributed by atoms with Gasteiger partial charge in [0.1, 0.15) is 5.69 Å². The van der Waals surface area contributed by atoms with Crippen molar-refractivity contribution < 1.29 is 9.90 Å². The average Bonchev–Trinajstić information content (AvgIpc) is 2.86. The van der Waals surface area contributed by atoms with Gasteiger partial charge in [-0.3, -0.25) is 4.90 Å². The summed E-state index contributed by atoms with van der Waals surface area (Å²) >= 11 is 5.51. The summed E-state index contributed by atoms with van der Waals surface area (Å²) in [6.07, 6.45) is 5.75. The molecular formula is C13H17ClN2O2. The van der Waals surface area contributed by atoms with Crippen LogP contribution in [0.1, 0.15) is 29.4 Å². The van der Waals surface area contributed by atoms with Crippen LogP contribution in [0.2, 0.25) is 0 Å². The molecule has 1 saturated heterocycles. The molecule has 5 heteroatoms. The number of aromatic nitrogens is 1. The van der Waals surface area contributed by atoms with Crippen LogP contribution in [0.25, 0.3) is 0 Å². The zero-order chi connectivity index (χ0) is 13.0. The van der Waals surface area contributed by atoms with Crippen LogP contribution in [0.3, 0.4) is 0 Å². The Hall–Kier alpha value is -1.26. The molecular weight excluding hydrogens is 252 g/mol. The second kappa shape index (κ2) is 6.07. The minimum absolute atomic E-state index is 0.294. The van der Waals surface area contributed by atoms with Crippen molar-refractivity contribution in [3.8, 4) is 0 Å². The van der Waals surface area contributed by atoms with Crippen molar-refractivity contribution in [1.82, 2.24) is 9.47 Å². The second-order valence-electron chi connectivity index (χ2n) is 4.50. The topological polar surface area (TPSA) is 45.5 Å². The van der Waals surface area contributed by atoms with Gasteiger partial charge in [-0.2, -0.15) is 0 Å². The lowest BCUT2D eigenvalue weighted by atomic mass is 10.0. The molecule has 0 atom stereocenters. The zero-order valence-corrected chi connectivity index (χ0v) is 10.9. The van der Waals surface area contributed by atoms with Gasteiger partial charge < -0.3 is 9.67 Å². The number of hydrogen-bond acceptors (Lipinski definition) is 2. The van der Waals surface area contributed by atoms with E-state index in [4.69, 9.17) is 16.7 Å². The third-order valence-electron chi connectivity index (χ3n) is 3.40. The van der Waals surface area contributed by atoms with E-state index in [9.17, 15) is 4.79 Å². The molecule has 0 spiro atoms. The zero-order valence-electron chi connectivity index (χ0n) is 10.1. The fraction of sp³-hybridized carbons (Fsp3) is 0.462.